The first-order valence-corrected chi connectivity index (χ1v) is 6.25. The van der Waals surface area contributed by atoms with E-state index in [1.165, 1.54) is 0 Å². The maximum atomic E-state index is 10.5. The summed E-state index contributed by atoms with van der Waals surface area (Å²) >= 11 is 1.62. The van der Waals surface area contributed by atoms with Crippen LogP contribution in [-0.4, -0.2) is 22.6 Å². The molecule has 2 N–H and O–H groups in total. The highest BCUT2D eigenvalue weighted by Crippen LogP contribution is 2.27. The second-order valence-electron chi connectivity index (χ2n) is 4.05. The number of rotatable bonds is 6. The van der Waals surface area contributed by atoms with Crippen LogP contribution < -0.4 is 5.32 Å². The van der Waals surface area contributed by atoms with E-state index in [1.807, 2.05) is 12.3 Å². The molecular weight excluding hydrogens is 224 g/mol. The summed E-state index contributed by atoms with van der Waals surface area (Å²) in [6, 6.07) is 0. The molecule has 1 atom stereocenters. The molecule has 0 radical (unpaired) electrons. The average molecular weight is 242 g/mol. The summed E-state index contributed by atoms with van der Waals surface area (Å²) < 4.78 is 0. The highest BCUT2D eigenvalue weighted by Gasteiger charge is 2.26. The standard InChI is InChI=1S/C11H18N2O2S/c1-4-11(3,12-6-5-9(14)15)10-13-8(2)7-16-10/h7,12H,4-6H2,1-3H3,(H,14,15). The van der Waals surface area contributed by atoms with Crippen LogP contribution in [0.5, 0.6) is 0 Å². The molecule has 0 aliphatic heterocycles. The van der Waals surface area contributed by atoms with Crippen LogP contribution in [0, 0.1) is 6.92 Å². The summed E-state index contributed by atoms with van der Waals surface area (Å²) in [5, 5.41) is 14.9. The predicted octanol–water partition coefficient (Wildman–Crippen LogP) is 2.14. The van der Waals surface area contributed by atoms with Crippen molar-refractivity contribution < 1.29 is 9.90 Å². The Labute approximate surface area is 99.7 Å². The number of hydrogen-bond acceptors (Lipinski definition) is 4. The lowest BCUT2D eigenvalue weighted by molar-refractivity contribution is -0.136. The number of aryl methyl sites for hydroxylation is 1. The Hall–Kier alpha value is -0.940. The van der Waals surface area contributed by atoms with Crippen LogP contribution in [-0.2, 0) is 10.3 Å². The van der Waals surface area contributed by atoms with Gasteiger partial charge in [-0.2, -0.15) is 0 Å². The second-order valence-corrected chi connectivity index (χ2v) is 4.91. The van der Waals surface area contributed by atoms with Gasteiger partial charge in [0.25, 0.3) is 0 Å². The molecule has 0 amide bonds. The van der Waals surface area contributed by atoms with Crippen LogP contribution in [0.25, 0.3) is 0 Å². The third-order valence-electron chi connectivity index (χ3n) is 2.65. The SMILES string of the molecule is CCC(C)(NCCC(=O)O)c1nc(C)cs1. The Kier molecular flexibility index (Phi) is 4.44. The zero-order valence-corrected chi connectivity index (χ0v) is 10.7. The molecular formula is C11H18N2O2S. The fraction of sp³-hybridized carbons (Fsp3) is 0.636. The number of nitrogens with one attached hydrogen (secondary N) is 1. The number of hydrogen-bond donors (Lipinski definition) is 2. The molecule has 1 unspecified atom stereocenters. The van der Waals surface area contributed by atoms with Crippen molar-refractivity contribution in [2.24, 2.45) is 0 Å². The molecule has 90 valence electrons. The number of carboxylic acids is 1. The molecule has 0 aromatic carbocycles. The predicted molar refractivity (Wildman–Crippen MR) is 64.7 cm³/mol. The van der Waals surface area contributed by atoms with Gasteiger partial charge in [-0.3, -0.25) is 4.79 Å². The topological polar surface area (TPSA) is 62.2 Å². The minimum Gasteiger partial charge on any atom is -0.481 e. The molecule has 4 nitrogen and oxygen atoms in total. The second kappa shape index (κ2) is 5.41. The van der Waals surface area contributed by atoms with Gasteiger partial charge in [0.15, 0.2) is 0 Å². The van der Waals surface area contributed by atoms with Crippen molar-refractivity contribution in [3.8, 4) is 0 Å². The van der Waals surface area contributed by atoms with Crippen LogP contribution in [0.3, 0.4) is 0 Å². The highest BCUT2D eigenvalue weighted by molar-refractivity contribution is 7.09. The van der Waals surface area contributed by atoms with E-state index in [0.717, 1.165) is 17.1 Å². The van der Waals surface area contributed by atoms with Gasteiger partial charge < -0.3 is 10.4 Å². The van der Waals surface area contributed by atoms with Crippen molar-refractivity contribution >= 4 is 17.3 Å². The van der Waals surface area contributed by atoms with E-state index < -0.39 is 5.97 Å². The molecule has 0 aliphatic carbocycles. The first-order valence-electron chi connectivity index (χ1n) is 5.37. The maximum Gasteiger partial charge on any atom is 0.304 e. The summed E-state index contributed by atoms with van der Waals surface area (Å²) in [5.74, 6) is -0.777. The lowest BCUT2D eigenvalue weighted by Crippen LogP contribution is -2.40. The van der Waals surface area contributed by atoms with Crippen molar-refractivity contribution in [2.75, 3.05) is 6.54 Å². The van der Waals surface area contributed by atoms with E-state index >= 15 is 0 Å². The van der Waals surface area contributed by atoms with E-state index in [4.69, 9.17) is 5.11 Å². The Bertz CT molecular complexity index is 365. The van der Waals surface area contributed by atoms with E-state index in [-0.39, 0.29) is 12.0 Å². The summed E-state index contributed by atoms with van der Waals surface area (Å²) in [5.41, 5.74) is 0.800. The average Bonchev–Trinajstić information content (AvgIpc) is 2.64. The van der Waals surface area contributed by atoms with Gasteiger partial charge in [-0.05, 0) is 20.3 Å². The lowest BCUT2D eigenvalue weighted by atomic mass is 10.00. The van der Waals surface area contributed by atoms with Crippen molar-refractivity contribution in [3.05, 3.63) is 16.1 Å². The molecule has 16 heavy (non-hydrogen) atoms. The van der Waals surface area contributed by atoms with E-state index in [0.29, 0.717) is 6.54 Å². The minimum absolute atomic E-state index is 0.139. The number of carbonyl (C=O) groups is 1. The zero-order chi connectivity index (χ0) is 12.2. The molecule has 5 heteroatoms. The van der Waals surface area contributed by atoms with Crippen molar-refractivity contribution in [1.29, 1.82) is 0 Å². The van der Waals surface area contributed by atoms with Crippen molar-refractivity contribution in [2.45, 2.75) is 39.2 Å². The number of aliphatic carboxylic acids is 1. The summed E-state index contributed by atoms with van der Waals surface area (Å²) in [6.45, 7) is 6.57. The molecule has 1 aromatic heterocycles. The first kappa shape index (κ1) is 13.1. The Morgan fingerprint density at radius 1 is 1.69 bits per heavy atom. The number of thiazole rings is 1. The first-order chi connectivity index (χ1) is 7.48. The third kappa shape index (κ3) is 3.28. The molecule has 0 aliphatic rings. The van der Waals surface area contributed by atoms with Gasteiger partial charge in [0.2, 0.25) is 0 Å². The van der Waals surface area contributed by atoms with Gasteiger partial charge in [-0.25, -0.2) is 4.98 Å². The van der Waals surface area contributed by atoms with Crippen LogP contribution in [0.4, 0.5) is 0 Å². The molecule has 0 spiro atoms. The van der Waals surface area contributed by atoms with Gasteiger partial charge in [0, 0.05) is 17.6 Å². The smallest absolute Gasteiger partial charge is 0.304 e. The van der Waals surface area contributed by atoms with E-state index in [9.17, 15) is 4.79 Å². The van der Waals surface area contributed by atoms with Gasteiger partial charge in [0.1, 0.15) is 5.01 Å². The molecule has 0 bridgehead atoms. The van der Waals surface area contributed by atoms with Gasteiger partial charge in [-0.1, -0.05) is 6.92 Å². The quantitative estimate of drug-likeness (QED) is 0.802. The van der Waals surface area contributed by atoms with Crippen LogP contribution >= 0.6 is 11.3 Å². The maximum absolute atomic E-state index is 10.5. The van der Waals surface area contributed by atoms with Gasteiger partial charge >= 0.3 is 5.97 Å². The van der Waals surface area contributed by atoms with Crippen LogP contribution in [0.1, 0.15) is 37.4 Å². The Balaban J connectivity index is 2.66. The fourth-order valence-electron chi connectivity index (χ4n) is 1.40. The largest absolute Gasteiger partial charge is 0.481 e. The van der Waals surface area contributed by atoms with Crippen LogP contribution in [0.15, 0.2) is 5.38 Å². The Morgan fingerprint density at radius 3 is 2.81 bits per heavy atom. The van der Waals surface area contributed by atoms with E-state index in [1.54, 1.807) is 11.3 Å². The normalized spacial score (nSPS) is 14.7. The Morgan fingerprint density at radius 2 is 2.38 bits per heavy atom. The lowest BCUT2D eigenvalue weighted by Gasteiger charge is -2.27. The number of carboxylic acid groups (broad SMARTS) is 1. The monoisotopic (exact) mass is 242 g/mol. The third-order valence-corrected chi connectivity index (χ3v) is 3.88. The highest BCUT2D eigenvalue weighted by atomic mass is 32.1. The molecule has 0 saturated heterocycles. The molecule has 0 fully saturated rings. The number of nitrogens with zero attached hydrogens (tertiary/aromatic N) is 1. The molecule has 1 rings (SSSR count). The summed E-state index contributed by atoms with van der Waals surface area (Å²) in [6.07, 6.45) is 1.03. The van der Waals surface area contributed by atoms with Gasteiger partial charge in [-0.15, -0.1) is 11.3 Å². The zero-order valence-electron chi connectivity index (χ0n) is 9.91. The van der Waals surface area contributed by atoms with Crippen molar-refractivity contribution in [3.63, 3.8) is 0 Å². The summed E-state index contributed by atoms with van der Waals surface area (Å²) in [4.78, 5) is 14.9. The van der Waals surface area contributed by atoms with Crippen LogP contribution in [0.2, 0.25) is 0 Å². The van der Waals surface area contributed by atoms with Gasteiger partial charge in [0.05, 0.1) is 12.0 Å². The molecule has 0 saturated carbocycles. The minimum atomic E-state index is -0.777. The molecule has 1 heterocycles. The molecule has 1 aromatic rings. The van der Waals surface area contributed by atoms with Crippen molar-refractivity contribution in [1.82, 2.24) is 10.3 Å². The van der Waals surface area contributed by atoms with E-state index in [2.05, 4.69) is 24.1 Å². The summed E-state index contributed by atoms with van der Waals surface area (Å²) in [7, 11) is 0. The fourth-order valence-corrected chi connectivity index (χ4v) is 2.41. The number of aromatic nitrogens is 1.